The number of hydrogen-bond donors (Lipinski definition) is 0. The van der Waals surface area contributed by atoms with Gasteiger partial charge in [-0.25, -0.2) is 0 Å². The highest BCUT2D eigenvalue weighted by Gasteiger charge is 2.31. The Morgan fingerprint density at radius 3 is 2.14 bits per heavy atom. The monoisotopic (exact) mass is 382 g/mol. The molecule has 0 fully saturated rings. The summed E-state index contributed by atoms with van der Waals surface area (Å²) in [5.74, 6) is 0. The quantitative estimate of drug-likeness (QED) is 0.226. The van der Waals surface area contributed by atoms with E-state index in [0.717, 1.165) is 32.7 Å². The van der Waals surface area contributed by atoms with Crippen LogP contribution in [0.3, 0.4) is 0 Å². The third-order valence-electron chi connectivity index (χ3n) is 5.39. The molecule has 0 bridgehead atoms. The lowest BCUT2D eigenvalue weighted by Gasteiger charge is -2.19. The Kier molecular flexibility index (Phi) is 5.34. The Morgan fingerprint density at radius 1 is 0.862 bits per heavy atom. The van der Waals surface area contributed by atoms with Crippen molar-refractivity contribution in [2.45, 2.75) is 25.4 Å². The molecule has 0 aliphatic rings. The molecule has 4 nitrogen and oxygen atoms in total. The molecule has 0 aliphatic carbocycles. The minimum Gasteiger partial charge on any atom is -0.277 e. The van der Waals surface area contributed by atoms with Gasteiger partial charge in [0.1, 0.15) is 6.04 Å². The van der Waals surface area contributed by atoms with E-state index < -0.39 is 12.1 Å². The van der Waals surface area contributed by atoms with Crippen LogP contribution in [0.4, 0.5) is 0 Å². The maximum Gasteiger partial charge on any atom is 0.238 e. The van der Waals surface area contributed by atoms with Crippen molar-refractivity contribution in [2.24, 2.45) is 4.99 Å². The van der Waals surface area contributed by atoms with Crippen molar-refractivity contribution in [1.82, 2.24) is 0 Å². The Bertz CT molecular complexity index is 1190. The molecule has 0 N–H and O–H groups in total. The van der Waals surface area contributed by atoms with Crippen molar-refractivity contribution in [2.75, 3.05) is 0 Å². The van der Waals surface area contributed by atoms with E-state index in [-0.39, 0.29) is 4.92 Å². The summed E-state index contributed by atoms with van der Waals surface area (Å²) in [5.41, 5.74) is 1.86. The number of rotatable bonds is 6. The first-order valence-corrected chi connectivity index (χ1v) is 9.81. The van der Waals surface area contributed by atoms with Gasteiger partial charge >= 0.3 is 0 Å². The zero-order valence-corrected chi connectivity index (χ0v) is 16.2. The van der Waals surface area contributed by atoms with E-state index in [2.05, 4.69) is 18.2 Å². The number of nitrogens with zero attached hydrogens (tertiary/aromatic N) is 2. The van der Waals surface area contributed by atoms with Gasteiger partial charge < -0.3 is 0 Å². The van der Waals surface area contributed by atoms with E-state index in [4.69, 9.17) is 4.99 Å². The van der Waals surface area contributed by atoms with Crippen LogP contribution >= 0.6 is 0 Å². The lowest BCUT2D eigenvalue weighted by atomic mass is 9.93. The first-order chi connectivity index (χ1) is 14.2. The molecule has 0 aliphatic heterocycles. The average molecular weight is 382 g/mol. The van der Waals surface area contributed by atoms with Crippen LogP contribution in [0.5, 0.6) is 0 Å². The first kappa shape index (κ1) is 18.8. The van der Waals surface area contributed by atoms with Crippen LogP contribution < -0.4 is 0 Å². The third-order valence-corrected chi connectivity index (χ3v) is 5.39. The predicted octanol–water partition coefficient (Wildman–Crippen LogP) is 6.21. The smallest absolute Gasteiger partial charge is 0.238 e. The minimum absolute atomic E-state index is 0.202. The van der Waals surface area contributed by atoms with Crippen LogP contribution in [-0.2, 0) is 0 Å². The predicted molar refractivity (Wildman–Crippen MR) is 119 cm³/mol. The molecule has 144 valence electrons. The van der Waals surface area contributed by atoms with Crippen molar-refractivity contribution in [1.29, 1.82) is 0 Å². The standard InChI is InChI=1S/C25H22N2O2/c1-2-24(27(28)29)25(23-16-8-12-19-10-4-6-15-22(19)23)26-17-20-13-7-11-18-9-3-5-14-21(18)20/h3-17,24-25H,2H2,1H3/t24-,25+/m1/s1. The summed E-state index contributed by atoms with van der Waals surface area (Å²) in [6.07, 6.45) is 2.20. The molecule has 4 heteroatoms. The molecule has 0 radical (unpaired) electrons. The molecule has 0 amide bonds. The molecular formula is C25H22N2O2. The second-order valence-electron chi connectivity index (χ2n) is 7.12. The van der Waals surface area contributed by atoms with Crippen LogP contribution in [0, 0.1) is 10.1 Å². The molecule has 0 unspecified atom stereocenters. The number of hydrogen-bond acceptors (Lipinski definition) is 3. The summed E-state index contributed by atoms with van der Waals surface area (Å²) < 4.78 is 0. The zero-order valence-electron chi connectivity index (χ0n) is 16.2. The van der Waals surface area contributed by atoms with Crippen LogP contribution in [0.1, 0.15) is 30.5 Å². The summed E-state index contributed by atoms with van der Waals surface area (Å²) in [6, 6.07) is 26.7. The van der Waals surface area contributed by atoms with E-state index in [1.807, 2.05) is 73.7 Å². The Morgan fingerprint density at radius 2 is 1.45 bits per heavy atom. The summed E-state index contributed by atoms with van der Waals surface area (Å²) in [5, 5.41) is 16.1. The molecule has 29 heavy (non-hydrogen) atoms. The maximum absolute atomic E-state index is 11.8. The van der Waals surface area contributed by atoms with Crippen molar-refractivity contribution in [3.05, 3.63) is 106 Å². The topological polar surface area (TPSA) is 55.5 Å². The summed E-state index contributed by atoms with van der Waals surface area (Å²) in [4.78, 5) is 16.4. The van der Waals surface area contributed by atoms with Gasteiger partial charge in [0.15, 0.2) is 0 Å². The Labute approximate surface area is 169 Å². The number of fused-ring (bicyclic) bond motifs is 2. The molecule has 0 heterocycles. The van der Waals surface area contributed by atoms with Crippen molar-refractivity contribution < 1.29 is 4.92 Å². The third kappa shape index (κ3) is 3.74. The fourth-order valence-corrected chi connectivity index (χ4v) is 3.91. The van der Waals surface area contributed by atoms with E-state index in [9.17, 15) is 10.1 Å². The van der Waals surface area contributed by atoms with Crippen LogP contribution in [0.15, 0.2) is 89.9 Å². The molecule has 0 aromatic heterocycles. The molecule has 4 aromatic rings. The highest BCUT2D eigenvalue weighted by molar-refractivity contribution is 5.99. The SMILES string of the molecule is CC[C@H]([C@@H](N=Cc1cccc2ccccc12)c1cccc2ccccc12)[N+](=O)[O-]. The normalized spacial score (nSPS) is 13.7. The van der Waals surface area contributed by atoms with E-state index in [1.54, 1.807) is 6.21 Å². The molecule has 4 aromatic carbocycles. The summed E-state index contributed by atoms with van der Waals surface area (Å²) in [7, 11) is 0. The fourth-order valence-electron chi connectivity index (χ4n) is 3.91. The van der Waals surface area contributed by atoms with Crippen LogP contribution in [0.25, 0.3) is 21.5 Å². The van der Waals surface area contributed by atoms with E-state index >= 15 is 0 Å². The van der Waals surface area contributed by atoms with Gasteiger partial charge in [0.2, 0.25) is 6.04 Å². The minimum atomic E-state index is -0.785. The molecule has 2 atom stereocenters. The zero-order chi connectivity index (χ0) is 20.2. The summed E-state index contributed by atoms with van der Waals surface area (Å²) >= 11 is 0. The fraction of sp³-hybridized carbons (Fsp3) is 0.160. The van der Waals surface area contributed by atoms with E-state index in [0.29, 0.717) is 6.42 Å². The van der Waals surface area contributed by atoms with Gasteiger partial charge in [0, 0.05) is 23.1 Å². The Hall–Kier alpha value is -3.53. The van der Waals surface area contributed by atoms with Gasteiger partial charge in [0.05, 0.1) is 0 Å². The second-order valence-corrected chi connectivity index (χ2v) is 7.12. The van der Waals surface area contributed by atoms with Crippen LogP contribution in [0.2, 0.25) is 0 Å². The largest absolute Gasteiger partial charge is 0.277 e. The van der Waals surface area contributed by atoms with Gasteiger partial charge in [-0.1, -0.05) is 91.9 Å². The highest BCUT2D eigenvalue weighted by atomic mass is 16.6. The van der Waals surface area contributed by atoms with Crippen molar-refractivity contribution in [3.63, 3.8) is 0 Å². The summed E-state index contributed by atoms with van der Waals surface area (Å²) in [6.45, 7) is 1.85. The van der Waals surface area contributed by atoms with Gasteiger partial charge in [-0.2, -0.15) is 0 Å². The average Bonchev–Trinajstić information content (AvgIpc) is 2.76. The number of benzene rings is 4. The maximum atomic E-state index is 11.8. The van der Waals surface area contributed by atoms with Crippen LogP contribution in [-0.4, -0.2) is 17.2 Å². The van der Waals surface area contributed by atoms with Crippen molar-refractivity contribution in [3.8, 4) is 0 Å². The van der Waals surface area contributed by atoms with Crippen molar-refractivity contribution >= 4 is 27.8 Å². The van der Waals surface area contributed by atoms with Gasteiger partial charge in [-0.05, 0) is 27.1 Å². The van der Waals surface area contributed by atoms with Gasteiger partial charge in [0.25, 0.3) is 0 Å². The number of nitro groups is 1. The lowest BCUT2D eigenvalue weighted by molar-refractivity contribution is -0.526. The molecular weight excluding hydrogens is 360 g/mol. The van der Waals surface area contributed by atoms with E-state index in [1.165, 1.54) is 0 Å². The molecule has 0 saturated heterocycles. The first-order valence-electron chi connectivity index (χ1n) is 9.81. The highest BCUT2D eigenvalue weighted by Crippen LogP contribution is 2.31. The lowest BCUT2D eigenvalue weighted by Crippen LogP contribution is -2.26. The molecule has 0 spiro atoms. The van der Waals surface area contributed by atoms with Gasteiger partial charge in [-0.15, -0.1) is 0 Å². The second kappa shape index (κ2) is 8.23. The Balaban J connectivity index is 1.85. The van der Waals surface area contributed by atoms with Gasteiger partial charge in [-0.3, -0.25) is 15.1 Å². The molecule has 4 rings (SSSR count). The number of aliphatic imine (C=N–C) groups is 1. The molecule has 0 saturated carbocycles.